The smallest absolute Gasteiger partial charge is 0.164 e. The van der Waals surface area contributed by atoms with Gasteiger partial charge in [-0.25, -0.2) is 0 Å². The maximum Gasteiger partial charge on any atom is 0.164 e. The summed E-state index contributed by atoms with van der Waals surface area (Å²) in [5.41, 5.74) is -0.703. The van der Waals surface area contributed by atoms with Crippen molar-refractivity contribution in [3.05, 3.63) is 0 Å². The number of hydrogen-bond acceptors (Lipinski definition) is 3. The SMILES string of the molecule is CC12CCC(=O)C3OC31CCC2=O. The van der Waals surface area contributed by atoms with Gasteiger partial charge < -0.3 is 4.74 Å². The Bertz CT molecular complexity index is 322. The van der Waals surface area contributed by atoms with Crippen molar-refractivity contribution in [1.82, 2.24) is 0 Å². The second kappa shape index (κ2) is 1.87. The van der Waals surface area contributed by atoms with Crippen molar-refractivity contribution >= 4 is 11.6 Å². The Balaban J connectivity index is 2.07. The lowest BCUT2D eigenvalue weighted by atomic mass is 9.68. The van der Waals surface area contributed by atoms with Crippen LogP contribution in [0.4, 0.5) is 0 Å². The number of Topliss-reactive ketones (excluding diaryl/α,β-unsaturated/α-hetero) is 2. The maximum absolute atomic E-state index is 11.7. The third-order valence-electron chi connectivity index (χ3n) is 4.13. The molecule has 1 aliphatic heterocycles. The Morgan fingerprint density at radius 3 is 2.85 bits per heavy atom. The van der Waals surface area contributed by atoms with Crippen molar-refractivity contribution in [2.24, 2.45) is 5.41 Å². The first-order chi connectivity index (χ1) is 6.10. The molecule has 1 saturated heterocycles. The van der Waals surface area contributed by atoms with Crippen LogP contribution < -0.4 is 0 Å². The van der Waals surface area contributed by atoms with Gasteiger partial charge >= 0.3 is 0 Å². The highest BCUT2D eigenvalue weighted by atomic mass is 16.6. The van der Waals surface area contributed by atoms with Gasteiger partial charge in [0.05, 0.1) is 5.41 Å². The Kier molecular flexibility index (Phi) is 1.11. The Hall–Kier alpha value is -0.700. The number of ether oxygens (including phenoxy) is 1. The van der Waals surface area contributed by atoms with Crippen molar-refractivity contribution in [2.75, 3.05) is 0 Å². The summed E-state index contributed by atoms with van der Waals surface area (Å²) in [6, 6.07) is 0. The van der Waals surface area contributed by atoms with Crippen LogP contribution in [-0.2, 0) is 14.3 Å². The third kappa shape index (κ3) is 0.633. The highest BCUT2D eigenvalue weighted by molar-refractivity contribution is 5.97. The minimum absolute atomic E-state index is 0.201. The maximum atomic E-state index is 11.7. The van der Waals surface area contributed by atoms with E-state index in [1.165, 1.54) is 0 Å². The normalized spacial score (nSPS) is 53.2. The second-order valence-electron chi connectivity index (χ2n) is 4.61. The van der Waals surface area contributed by atoms with E-state index in [0.717, 1.165) is 6.42 Å². The molecule has 3 nitrogen and oxygen atoms in total. The van der Waals surface area contributed by atoms with E-state index >= 15 is 0 Å². The number of ketones is 2. The van der Waals surface area contributed by atoms with E-state index in [9.17, 15) is 9.59 Å². The van der Waals surface area contributed by atoms with Gasteiger partial charge in [0, 0.05) is 12.8 Å². The molecule has 0 bridgehead atoms. The topological polar surface area (TPSA) is 46.7 Å². The predicted octanol–water partition coefficient (Wildman–Crippen LogP) is 0.856. The minimum Gasteiger partial charge on any atom is -0.357 e. The summed E-state index contributed by atoms with van der Waals surface area (Å²) >= 11 is 0. The molecule has 2 aliphatic carbocycles. The zero-order chi connectivity index (χ0) is 9.27. The summed E-state index contributed by atoms with van der Waals surface area (Å²) in [6.07, 6.45) is 2.34. The van der Waals surface area contributed by atoms with Gasteiger partial charge in [-0.1, -0.05) is 0 Å². The first-order valence-electron chi connectivity index (χ1n) is 4.84. The summed E-state index contributed by atoms with van der Waals surface area (Å²) < 4.78 is 5.50. The van der Waals surface area contributed by atoms with Gasteiger partial charge in [0.25, 0.3) is 0 Å². The Morgan fingerprint density at radius 2 is 2.08 bits per heavy atom. The summed E-state index contributed by atoms with van der Waals surface area (Å²) in [6.45, 7) is 1.97. The van der Waals surface area contributed by atoms with E-state index in [-0.39, 0.29) is 22.9 Å². The van der Waals surface area contributed by atoms with Gasteiger partial charge in [-0.15, -0.1) is 0 Å². The van der Waals surface area contributed by atoms with E-state index in [2.05, 4.69) is 0 Å². The molecule has 1 spiro atoms. The fourth-order valence-corrected chi connectivity index (χ4v) is 3.05. The van der Waals surface area contributed by atoms with Gasteiger partial charge in [0.2, 0.25) is 0 Å². The summed E-state index contributed by atoms with van der Waals surface area (Å²) in [7, 11) is 0. The fraction of sp³-hybridized carbons (Fsp3) is 0.800. The molecular formula is C10H12O3. The summed E-state index contributed by atoms with van der Waals surface area (Å²) in [5, 5.41) is 0. The zero-order valence-corrected chi connectivity index (χ0v) is 7.63. The van der Waals surface area contributed by atoms with Crippen molar-refractivity contribution in [3.8, 4) is 0 Å². The van der Waals surface area contributed by atoms with E-state index in [0.29, 0.717) is 25.0 Å². The fourth-order valence-electron chi connectivity index (χ4n) is 3.05. The largest absolute Gasteiger partial charge is 0.357 e. The molecule has 3 atom stereocenters. The lowest BCUT2D eigenvalue weighted by Crippen LogP contribution is -2.43. The van der Waals surface area contributed by atoms with Gasteiger partial charge in [0.1, 0.15) is 17.5 Å². The van der Waals surface area contributed by atoms with Gasteiger partial charge in [-0.05, 0) is 19.8 Å². The molecule has 3 aliphatic rings. The van der Waals surface area contributed by atoms with Gasteiger partial charge in [-0.3, -0.25) is 9.59 Å². The van der Waals surface area contributed by atoms with Gasteiger partial charge in [-0.2, -0.15) is 0 Å². The predicted molar refractivity (Wildman–Crippen MR) is 44.2 cm³/mol. The van der Waals surface area contributed by atoms with Crippen LogP contribution in [0.1, 0.15) is 32.6 Å². The average Bonchev–Trinajstić information content (AvgIpc) is 2.80. The third-order valence-corrected chi connectivity index (χ3v) is 4.13. The van der Waals surface area contributed by atoms with E-state index in [1.54, 1.807) is 0 Å². The standard InChI is InChI=1S/C10H12O3/c1-9-4-2-6(11)8-10(9,13-8)5-3-7(9)12/h8H,2-5H2,1H3. The quantitative estimate of drug-likeness (QED) is 0.519. The average molecular weight is 180 g/mol. The van der Waals surface area contributed by atoms with E-state index in [1.807, 2.05) is 6.92 Å². The molecular weight excluding hydrogens is 168 g/mol. The number of hydrogen-bond donors (Lipinski definition) is 0. The molecule has 3 fully saturated rings. The van der Waals surface area contributed by atoms with Crippen LogP contribution in [0, 0.1) is 5.41 Å². The first kappa shape index (κ1) is 7.68. The number of epoxide rings is 1. The van der Waals surface area contributed by atoms with Crippen molar-refractivity contribution in [3.63, 3.8) is 0 Å². The summed E-state index contributed by atoms with van der Waals surface area (Å²) in [4.78, 5) is 23.1. The Morgan fingerprint density at radius 1 is 1.31 bits per heavy atom. The molecule has 2 saturated carbocycles. The van der Waals surface area contributed by atoms with Crippen LogP contribution in [0.15, 0.2) is 0 Å². The van der Waals surface area contributed by atoms with E-state index < -0.39 is 0 Å². The van der Waals surface area contributed by atoms with Gasteiger partial charge in [0.15, 0.2) is 5.78 Å². The summed E-state index contributed by atoms with van der Waals surface area (Å²) in [5.74, 6) is 0.495. The molecule has 3 rings (SSSR count). The van der Waals surface area contributed by atoms with E-state index in [4.69, 9.17) is 4.74 Å². The second-order valence-corrected chi connectivity index (χ2v) is 4.61. The van der Waals surface area contributed by atoms with Crippen LogP contribution in [0.2, 0.25) is 0 Å². The Labute approximate surface area is 76.4 Å². The van der Waals surface area contributed by atoms with Crippen molar-refractivity contribution in [2.45, 2.75) is 44.3 Å². The molecule has 0 amide bonds. The monoisotopic (exact) mass is 180 g/mol. The van der Waals surface area contributed by atoms with Crippen LogP contribution in [0.25, 0.3) is 0 Å². The number of rotatable bonds is 0. The molecule has 0 N–H and O–H groups in total. The lowest BCUT2D eigenvalue weighted by molar-refractivity contribution is -0.129. The molecule has 0 aromatic rings. The van der Waals surface area contributed by atoms with Crippen molar-refractivity contribution < 1.29 is 14.3 Å². The molecule has 70 valence electrons. The van der Waals surface area contributed by atoms with Crippen LogP contribution in [-0.4, -0.2) is 23.3 Å². The number of carbonyl (C=O) groups excluding carboxylic acids is 2. The van der Waals surface area contributed by atoms with Crippen molar-refractivity contribution in [1.29, 1.82) is 0 Å². The zero-order valence-electron chi connectivity index (χ0n) is 7.63. The molecule has 3 unspecified atom stereocenters. The van der Waals surface area contributed by atoms with Crippen LogP contribution in [0.3, 0.4) is 0 Å². The number of carbonyl (C=O) groups is 2. The molecule has 13 heavy (non-hydrogen) atoms. The van der Waals surface area contributed by atoms with Crippen LogP contribution >= 0.6 is 0 Å². The first-order valence-corrected chi connectivity index (χ1v) is 4.84. The molecule has 0 radical (unpaired) electrons. The molecule has 0 aromatic heterocycles. The van der Waals surface area contributed by atoms with Crippen LogP contribution in [0.5, 0.6) is 0 Å². The molecule has 3 heteroatoms. The minimum atomic E-state index is -0.362. The highest BCUT2D eigenvalue weighted by Crippen LogP contribution is 2.63. The molecule has 0 aromatic carbocycles. The highest BCUT2D eigenvalue weighted by Gasteiger charge is 2.76. The molecule has 1 heterocycles. The lowest BCUT2D eigenvalue weighted by Gasteiger charge is -2.30.